The molecule has 2 aromatic rings. The van der Waals surface area contributed by atoms with Gasteiger partial charge in [-0.1, -0.05) is 11.6 Å². The highest BCUT2D eigenvalue weighted by Crippen LogP contribution is 2.36. The van der Waals surface area contributed by atoms with Gasteiger partial charge in [0.25, 0.3) is 0 Å². The van der Waals surface area contributed by atoms with Crippen LogP contribution in [0.4, 0.5) is 0 Å². The summed E-state index contributed by atoms with van der Waals surface area (Å²) in [6.45, 7) is 1.78. The Kier molecular flexibility index (Phi) is 3.66. The van der Waals surface area contributed by atoms with Gasteiger partial charge >= 0.3 is 5.97 Å². The van der Waals surface area contributed by atoms with E-state index in [2.05, 4.69) is 9.97 Å². The number of carboxylic acids is 1. The van der Waals surface area contributed by atoms with Gasteiger partial charge in [-0.05, 0) is 19.1 Å². The smallest absolute Gasteiger partial charge is 0.337 e. The molecule has 0 aliphatic carbocycles. The Morgan fingerprint density at radius 1 is 1.37 bits per heavy atom. The summed E-state index contributed by atoms with van der Waals surface area (Å²) in [5.41, 5.74) is 1.87. The highest BCUT2D eigenvalue weighted by atomic mass is 35.5. The van der Waals surface area contributed by atoms with Crippen molar-refractivity contribution in [2.24, 2.45) is 0 Å². The van der Waals surface area contributed by atoms with E-state index in [0.29, 0.717) is 22.6 Å². The molecule has 0 atom stereocenters. The first-order chi connectivity index (χ1) is 9.04. The first-order valence-corrected chi connectivity index (χ1v) is 5.81. The number of aromatic nitrogens is 2. The molecular formula is C13H11ClN2O3. The number of pyridine rings is 2. The van der Waals surface area contributed by atoms with E-state index in [0.717, 1.165) is 0 Å². The Labute approximate surface area is 114 Å². The zero-order valence-electron chi connectivity index (χ0n) is 10.3. The second-order valence-electron chi connectivity index (χ2n) is 3.86. The van der Waals surface area contributed by atoms with Gasteiger partial charge in [0.05, 0.1) is 12.7 Å². The van der Waals surface area contributed by atoms with E-state index in [1.807, 2.05) is 0 Å². The fourth-order valence-corrected chi connectivity index (χ4v) is 2.02. The van der Waals surface area contributed by atoms with E-state index in [-0.39, 0.29) is 10.7 Å². The highest BCUT2D eigenvalue weighted by molar-refractivity contribution is 6.31. The third-order valence-corrected chi connectivity index (χ3v) is 2.90. The standard InChI is InChI=1S/C13H11ClN2O3/c1-7-5-9(10(6-16-7)13(17)18)8-3-4-15-12(14)11(8)19-2/h3-6H,1-2H3,(H,17,18). The highest BCUT2D eigenvalue weighted by Gasteiger charge is 2.18. The summed E-state index contributed by atoms with van der Waals surface area (Å²) >= 11 is 5.95. The van der Waals surface area contributed by atoms with Crippen molar-refractivity contribution in [2.75, 3.05) is 7.11 Å². The Morgan fingerprint density at radius 3 is 2.74 bits per heavy atom. The minimum atomic E-state index is -1.06. The largest absolute Gasteiger partial charge is 0.493 e. The number of rotatable bonds is 3. The van der Waals surface area contributed by atoms with Crippen LogP contribution in [0.3, 0.4) is 0 Å². The lowest BCUT2D eigenvalue weighted by atomic mass is 10.0. The molecule has 0 aliphatic rings. The molecule has 19 heavy (non-hydrogen) atoms. The lowest BCUT2D eigenvalue weighted by Crippen LogP contribution is -2.03. The van der Waals surface area contributed by atoms with Crippen LogP contribution >= 0.6 is 11.6 Å². The Balaban J connectivity index is 2.74. The summed E-state index contributed by atoms with van der Waals surface area (Å²) in [6, 6.07) is 3.34. The number of aryl methyl sites for hydroxylation is 1. The Morgan fingerprint density at radius 2 is 2.11 bits per heavy atom. The summed E-state index contributed by atoms with van der Waals surface area (Å²) in [5, 5.41) is 9.41. The molecular weight excluding hydrogens is 268 g/mol. The van der Waals surface area contributed by atoms with E-state index in [1.165, 1.54) is 19.5 Å². The van der Waals surface area contributed by atoms with Gasteiger partial charge < -0.3 is 9.84 Å². The number of methoxy groups -OCH3 is 1. The van der Waals surface area contributed by atoms with Crippen LogP contribution < -0.4 is 4.74 Å². The van der Waals surface area contributed by atoms with Crippen molar-refractivity contribution in [3.8, 4) is 16.9 Å². The zero-order chi connectivity index (χ0) is 14.0. The van der Waals surface area contributed by atoms with Gasteiger partial charge in [0.1, 0.15) is 0 Å². The van der Waals surface area contributed by atoms with Crippen molar-refractivity contribution in [1.82, 2.24) is 9.97 Å². The molecule has 0 spiro atoms. The Bertz CT molecular complexity index is 644. The molecule has 0 bridgehead atoms. The molecule has 0 unspecified atom stereocenters. The lowest BCUT2D eigenvalue weighted by Gasteiger charge is -2.12. The fraction of sp³-hybridized carbons (Fsp3) is 0.154. The van der Waals surface area contributed by atoms with E-state index >= 15 is 0 Å². The maximum absolute atomic E-state index is 11.3. The number of halogens is 1. The van der Waals surface area contributed by atoms with Gasteiger partial charge in [-0.3, -0.25) is 4.98 Å². The maximum Gasteiger partial charge on any atom is 0.337 e. The molecule has 0 aliphatic heterocycles. The van der Waals surface area contributed by atoms with E-state index in [4.69, 9.17) is 16.3 Å². The molecule has 0 aromatic carbocycles. The molecule has 0 saturated carbocycles. The molecule has 2 heterocycles. The summed E-state index contributed by atoms with van der Waals surface area (Å²) in [6.07, 6.45) is 2.82. The topological polar surface area (TPSA) is 72.3 Å². The van der Waals surface area contributed by atoms with Crippen LogP contribution in [0.2, 0.25) is 5.15 Å². The molecule has 0 fully saturated rings. The number of carbonyl (C=O) groups is 1. The van der Waals surface area contributed by atoms with Crippen LogP contribution in [0.5, 0.6) is 5.75 Å². The van der Waals surface area contributed by atoms with Crippen molar-refractivity contribution in [1.29, 1.82) is 0 Å². The van der Waals surface area contributed by atoms with Crippen LogP contribution in [0.15, 0.2) is 24.5 Å². The van der Waals surface area contributed by atoms with Gasteiger partial charge in [0, 0.05) is 29.2 Å². The quantitative estimate of drug-likeness (QED) is 0.874. The third-order valence-electron chi connectivity index (χ3n) is 2.63. The minimum Gasteiger partial charge on any atom is -0.493 e. The number of nitrogens with zero attached hydrogens (tertiary/aromatic N) is 2. The second-order valence-corrected chi connectivity index (χ2v) is 4.22. The van der Waals surface area contributed by atoms with Gasteiger partial charge in [-0.15, -0.1) is 0 Å². The van der Waals surface area contributed by atoms with Gasteiger partial charge in [-0.25, -0.2) is 9.78 Å². The minimum absolute atomic E-state index is 0.0890. The predicted molar refractivity (Wildman–Crippen MR) is 70.7 cm³/mol. The molecule has 5 nitrogen and oxygen atoms in total. The van der Waals surface area contributed by atoms with Crippen LogP contribution in [0, 0.1) is 6.92 Å². The maximum atomic E-state index is 11.3. The zero-order valence-corrected chi connectivity index (χ0v) is 11.1. The Hall–Kier alpha value is -2.14. The van der Waals surface area contributed by atoms with Crippen molar-refractivity contribution >= 4 is 17.6 Å². The average molecular weight is 279 g/mol. The molecule has 2 aromatic heterocycles. The molecule has 2 rings (SSSR count). The molecule has 98 valence electrons. The predicted octanol–water partition coefficient (Wildman–Crippen LogP) is 2.81. The van der Waals surface area contributed by atoms with Crippen LogP contribution in [0.25, 0.3) is 11.1 Å². The van der Waals surface area contributed by atoms with E-state index in [1.54, 1.807) is 19.1 Å². The van der Waals surface area contributed by atoms with Gasteiger partial charge in [0.15, 0.2) is 10.9 Å². The fourth-order valence-electron chi connectivity index (χ4n) is 1.78. The normalized spacial score (nSPS) is 10.3. The summed E-state index contributed by atoms with van der Waals surface area (Å²) < 4.78 is 5.20. The number of hydrogen-bond donors (Lipinski definition) is 1. The summed E-state index contributed by atoms with van der Waals surface area (Å²) in [4.78, 5) is 19.2. The number of hydrogen-bond acceptors (Lipinski definition) is 4. The lowest BCUT2D eigenvalue weighted by molar-refractivity contribution is 0.0697. The van der Waals surface area contributed by atoms with Gasteiger partial charge in [-0.2, -0.15) is 0 Å². The first kappa shape index (κ1) is 13.3. The first-order valence-electron chi connectivity index (χ1n) is 5.43. The monoisotopic (exact) mass is 278 g/mol. The third kappa shape index (κ3) is 2.51. The summed E-state index contributed by atoms with van der Waals surface area (Å²) in [5.74, 6) is -0.713. The van der Waals surface area contributed by atoms with Crippen LogP contribution in [-0.4, -0.2) is 28.2 Å². The van der Waals surface area contributed by atoms with Crippen LogP contribution in [0.1, 0.15) is 16.1 Å². The SMILES string of the molecule is COc1c(-c2cc(C)ncc2C(=O)O)ccnc1Cl. The molecule has 0 saturated heterocycles. The van der Waals surface area contributed by atoms with Crippen molar-refractivity contribution in [3.63, 3.8) is 0 Å². The number of aromatic carboxylic acids is 1. The van der Waals surface area contributed by atoms with E-state index < -0.39 is 5.97 Å². The number of carboxylic acid groups (broad SMARTS) is 1. The number of ether oxygens (including phenoxy) is 1. The molecule has 0 amide bonds. The van der Waals surface area contributed by atoms with Gasteiger partial charge in [0.2, 0.25) is 0 Å². The second kappa shape index (κ2) is 5.24. The molecule has 1 N–H and O–H groups in total. The van der Waals surface area contributed by atoms with Crippen LogP contribution in [-0.2, 0) is 0 Å². The van der Waals surface area contributed by atoms with Crippen molar-refractivity contribution < 1.29 is 14.6 Å². The van der Waals surface area contributed by atoms with Crippen molar-refractivity contribution in [2.45, 2.75) is 6.92 Å². The van der Waals surface area contributed by atoms with Crippen molar-refractivity contribution in [3.05, 3.63) is 40.9 Å². The molecule has 6 heteroatoms. The average Bonchev–Trinajstić information content (AvgIpc) is 2.37. The molecule has 0 radical (unpaired) electrons. The summed E-state index contributed by atoms with van der Waals surface area (Å²) in [7, 11) is 1.46. The van der Waals surface area contributed by atoms with E-state index in [9.17, 15) is 9.90 Å².